The normalized spacial score (nSPS) is 14.7. The first-order valence-corrected chi connectivity index (χ1v) is 5.33. The Bertz CT molecular complexity index is 333. The largest absolute Gasteiger partial charge is 0.327 e. The quantitative estimate of drug-likeness (QED) is 0.806. The standard InChI is InChI=1S/C12H16N2O/c1-14(9-10-7-8-10)12(15)13-11-5-3-2-4-6-11/h2-6,10H,7-9H2,1H3,(H,13,15). The predicted octanol–water partition coefficient (Wildman–Crippen LogP) is 2.56. The maximum Gasteiger partial charge on any atom is 0.321 e. The zero-order chi connectivity index (χ0) is 10.7. The van der Waals surface area contributed by atoms with E-state index in [-0.39, 0.29) is 6.03 Å². The molecule has 0 aromatic heterocycles. The minimum atomic E-state index is -0.0203. The summed E-state index contributed by atoms with van der Waals surface area (Å²) in [4.78, 5) is 13.4. The summed E-state index contributed by atoms with van der Waals surface area (Å²) >= 11 is 0. The fraction of sp³-hybridized carbons (Fsp3) is 0.417. The van der Waals surface area contributed by atoms with Gasteiger partial charge in [0.15, 0.2) is 0 Å². The first kappa shape index (κ1) is 10.0. The van der Waals surface area contributed by atoms with Crippen LogP contribution in [0.5, 0.6) is 0 Å². The molecule has 15 heavy (non-hydrogen) atoms. The third-order valence-electron chi connectivity index (χ3n) is 2.60. The molecule has 0 heterocycles. The highest BCUT2D eigenvalue weighted by Crippen LogP contribution is 2.29. The SMILES string of the molecule is CN(CC1CC1)C(=O)Nc1ccccc1. The molecule has 1 aromatic rings. The fourth-order valence-electron chi connectivity index (χ4n) is 1.51. The molecular weight excluding hydrogens is 188 g/mol. The van der Waals surface area contributed by atoms with Crippen molar-refractivity contribution in [2.24, 2.45) is 5.92 Å². The van der Waals surface area contributed by atoms with E-state index in [1.54, 1.807) is 4.90 Å². The van der Waals surface area contributed by atoms with Gasteiger partial charge in [0.1, 0.15) is 0 Å². The first-order chi connectivity index (χ1) is 7.25. The molecule has 1 aliphatic carbocycles. The molecule has 3 nitrogen and oxygen atoms in total. The van der Waals surface area contributed by atoms with Crippen molar-refractivity contribution in [2.45, 2.75) is 12.8 Å². The van der Waals surface area contributed by atoms with Gasteiger partial charge < -0.3 is 10.2 Å². The molecule has 2 amide bonds. The number of rotatable bonds is 3. The lowest BCUT2D eigenvalue weighted by atomic mass is 10.3. The predicted molar refractivity (Wildman–Crippen MR) is 60.8 cm³/mol. The Kier molecular flexibility index (Phi) is 2.90. The third kappa shape index (κ3) is 2.98. The highest BCUT2D eigenvalue weighted by atomic mass is 16.2. The maximum absolute atomic E-state index is 11.7. The van der Waals surface area contributed by atoms with Gasteiger partial charge in [0, 0.05) is 19.3 Å². The van der Waals surface area contributed by atoms with Gasteiger partial charge in [-0.2, -0.15) is 0 Å². The summed E-state index contributed by atoms with van der Waals surface area (Å²) in [5.41, 5.74) is 0.852. The van der Waals surface area contributed by atoms with Crippen molar-refractivity contribution in [2.75, 3.05) is 18.9 Å². The van der Waals surface area contributed by atoms with E-state index >= 15 is 0 Å². The summed E-state index contributed by atoms with van der Waals surface area (Å²) in [5, 5.41) is 2.86. The van der Waals surface area contributed by atoms with Crippen LogP contribution in [-0.4, -0.2) is 24.5 Å². The van der Waals surface area contributed by atoms with Crippen molar-refractivity contribution in [3.05, 3.63) is 30.3 Å². The Morgan fingerprint density at radius 2 is 2.07 bits per heavy atom. The molecule has 1 saturated carbocycles. The molecule has 1 fully saturated rings. The van der Waals surface area contributed by atoms with E-state index < -0.39 is 0 Å². The van der Waals surface area contributed by atoms with Crippen LogP contribution in [0.2, 0.25) is 0 Å². The van der Waals surface area contributed by atoms with E-state index in [0.717, 1.165) is 18.2 Å². The minimum absolute atomic E-state index is 0.0203. The van der Waals surface area contributed by atoms with E-state index in [9.17, 15) is 4.79 Å². The fourth-order valence-corrected chi connectivity index (χ4v) is 1.51. The highest BCUT2D eigenvalue weighted by molar-refractivity contribution is 5.89. The average Bonchev–Trinajstić information content (AvgIpc) is 3.03. The second-order valence-electron chi connectivity index (χ2n) is 4.12. The number of carbonyl (C=O) groups is 1. The Labute approximate surface area is 90.1 Å². The summed E-state index contributed by atoms with van der Waals surface area (Å²) < 4.78 is 0. The van der Waals surface area contributed by atoms with Crippen molar-refractivity contribution >= 4 is 11.7 Å². The molecule has 0 radical (unpaired) electrons. The summed E-state index contributed by atoms with van der Waals surface area (Å²) in [6, 6.07) is 9.52. The number of para-hydroxylation sites is 1. The smallest absolute Gasteiger partial charge is 0.321 e. The first-order valence-electron chi connectivity index (χ1n) is 5.33. The maximum atomic E-state index is 11.7. The summed E-state index contributed by atoms with van der Waals surface area (Å²) in [6.07, 6.45) is 2.53. The lowest BCUT2D eigenvalue weighted by Crippen LogP contribution is -2.32. The molecular formula is C12H16N2O. The Morgan fingerprint density at radius 3 is 2.67 bits per heavy atom. The molecule has 80 valence electrons. The number of benzene rings is 1. The molecule has 3 heteroatoms. The van der Waals surface area contributed by atoms with Crippen molar-refractivity contribution < 1.29 is 4.79 Å². The number of amides is 2. The van der Waals surface area contributed by atoms with Crippen molar-refractivity contribution in [3.63, 3.8) is 0 Å². The molecule has 1 N–H and O–H groups in total. The zero-order valence-electron chi connectivity index (χ0n) is 8.94. The summed E-state index contributed by atoms with van der Waals surface area (Å²) in [7, 11) is 1.84. The van der Waals surface area contributed by atoms with E-state index in [2.05, 4.69) is 5.32 Å². The summed E-state index contributed by atoms with van der Waals surface area (Å²) in [5.74, 6) is 0.733. The van der Waals surface area contributed by atoms with Crippen LogP contribution in [0.25, 0.3) is 0 Å². The number of hydrogen-bond donors (Lipinski definition) is 1. The van der Waals surface area contributed by atoms with Gasteiger partial charge in [0.2, 0.25) is 0 Å². The van der Waals surface area contributed by atoms with E-state index in [1.807, 2.05) is 37.4 Å². The molecule has 2 rings (SSSR count). The van der Waals surface area contributed by atoms with Crippen LogP contribution >= 0.6 is 0 Å². The number of nitrogens with zero attached hydrogens (tertiary/aromatic N) is 1. The lowest BCUT2D eigenvalue weighted by Gasteiger charge is -2.17. The van der Waals surface area contributed by atoms with E-state index in [0.29, 0.717) is 0 Å². The van der Waals surface area contributed by atoms with Gasteiger partial charge in [0.25, 0.3) is 0 Å². The van der Waals surface area contributed by atoms with Crippen LogP contribution in [0.3, 0.4) is 0 Å². The van der Waals surface area contributed by atoms with Crippen molar-refractivity contribution in [1.82, 2.24) is 4.90 Å². The van der Waals surface area contributed by atoms with E-state index in [1.165, 1.54) is 12.8 Å². The topological polar surface area (TPSA) is 32.3 Å². The number of urea groups is 1. The van der Waals surface area contributed by atoms with Gasteiger partial charge in [-0.15, -0.1) is 0 Å². The third-order valence-corrected chi connectivity index (χ3v) is 2.60. The molecule has 0 spiro atoms. The van der Waals surface area contributed by atoms with Crippen LogP contribution in [-0.2, 0) is 0 Å². The number of nitrogens with one attached hydrogen (secondary N) is 1. The van der Waals surface area contributed by atoms with Gasteiger partial charge in [0.05, 0.1) is 0 Å². The van der Waals surface area contributed by atoms with Gasteiger partial charge in [-0.3, -0.25) is 0 Å². The number of hydrogen-bond acceptors (Lipinski definition) is 1. The van der Waals surface area contributed by atoms with Crippen LogP contribution in [0, 0.1) is 5.92 Å². The molecule has 0 aliphatic heterocycles. The summed E-state index contributed by atoms with van der Waals surface area (Å²) in [6.45, 7) is 0.874. The van der Waals surface area contributed by atoms with Gasteiger partial charge in [-0.05, 0) is 30.9 Å². The number of anilines is 1. The van der Waals surface area contributed by atoms with Crippen LogP contribution in [0.15, 0.2) is 30.3 Å². The van der Waals surface area contributed by atoms with Crippen LogP contribution < -0.4 is 5.32 Å². The highest BCUT2D eigenvalue weighted by Gasteiger charge is 2.24. The molecule has 1 aliphatic rings. The Morgan fingerprint density at radius 1 is 1.40 bits per heavy atom. The zero-order valence-corrected chi connectivity index (χ0v) is 8.94. The minimum Gasteiger partial charge on any atom is -0.327 e. The Balaban J connectivity index is 1.85. The van der Waals surface area contributed by atoms with Crippen molar-refractivity contribution in [1.29, 1.82) is 0 Å². The molecule has 1 aromatic carbocycles. The molecule has 0 atom stereocenters. The number of carbonyl (C=O) groups excluding carboxylic acids is 1. The average molecular weight is 204 g/mol. The Hall–Kier alpha value is -1.51. The molecule has 0 saturated heterocycles. The van der Waals surface area contributed by atoms with Crippen LogP contribution in [0.1, 0.15) is 12.8 Å². The molecule has 0 bridgehead atoms. The van der Waals surface area contributed by atoms with Gasteiger partial charge in [-0.1, -0.05) is 18.2 Å². The van der Waals surface area contributed by atoms with Gasteiger partial charge >= 0.3 is 6.03 Å². The molecule has 0 unspecified atom stereocenters. The monoisotopic (exact) mass is 204 g/mol. The second kappa shape index (κ2) is 4.34. The second-order valence-corrected chi connectivity index (χ2v) is 4.12. The van der Waals surface area contributed by atoms with E-state index in [4.69, 9.17) is 0 Å². The lowest BCUT2D eigenvalue weighted by molar-refractivity contribution is 0.220. The van der Waals surface area contributed by atoms with Crippen molar-refractivity contribution in [3.8, 4) is 0 Å². The van der Waals surface area contributed by atoms with Gasteiger partial charge in [-0.25, -0.2) is 4.79 Å². The van der Waals surface area contributed by atoms with Crippen LogP contribution in [0.4, 0.5) is 10.5 Å².